The predicted molar refractivity (Wildman–Crippen MR) is 116 cm³/mol. The van der Waals surface area contributed by atoms with E-state index in [1.807, 2.05) is 30.3 Å². The van der Waals surface area contributed by atoms with Crippen LogP contribution in [-0.2, 0) is 22.2 Å². The Labute approximate surface area is 181 Å². The normalized spacial score (nSPS) is 16.0. The summed E-state index contributed by atoms with van der Waals surface area (Å²) in [7, 11) is -3.40. The molecule has 0 unspecified atom stereocenters. The highest BCUT2D eigenvalue weighted by Crippen LogP contribution is 2.21. The van der Waals surface area contributed by atoms with Crippen LogP contribution in [0, 0.1) is 0 Å². The number of aromatic nitrogens is 2. The van der Waals surface area contributed by atoms with Crippen molar-refractivity contribution in [2.24, 2.45) is 0 Å². The minimum absolute atomic E-state index is 0.0725. The summed E-state index contributed by atoms with van der Waals surface area (Å²) >= 11 is 6.12. The van der Waals surface area contributed by atoms with E-state index in [1.165, 1.54) is 0 Å². The number of halogens is 1. The van der Waals surface area contributed by atoms with E-state index in [9.17, 15) is 8.42 Å². The van der Waals surface area contributed by atoms with Gasteiger partial charge in [0, 0.05) is 49.7 Å². The molecular formula is C21H23ClN4O3S. The summed E-state index contributed by atoms with van der Waals surface area (Å²) in [6.45, 7) is 3.01. The quantitative estimate of drug-likeness (QED) is 0.555. The molecule has 0 spiro atoms. The predicted octanol–water partition coefficient (Wildman–Crippen LogP) is 3.08. The smallest absolute Gasteiger partial charge is 0.247 e. The zero-order chi connectivity index (χ0) is 21.0. The fourth-order valence-electron chi connectivity index (χ4n) is 3.44. The van der Waals surface area contributed by atoms with Gasteiger partial charge in [-0.2, -0.15) is 4.31 Å². The van der Waals surface area contributed by atoms with Crippen molar-refractivity contribution in [3.8, 4) is 11.5 Å². The van der Waals surface area contributed by atoms with Crippen molar-refractivity contribution in [2.45, 2.75) is 12.2 Å². The number of rotatable bonds is 7. The van der Waals surface area contributed by atoms with Crippen LogP contribution in [0.15, 0.2) is 59.0 Å². The fraction of sp³-hybridized carbons (Fsp3) is 0.333. The molecule has 0 bridgehead atoms. The van der Waals surface area contributed by atoms with E-state index in [2.05, 4.69) is 15.1 Å². The molecule has 1 aliphatic heterocycles. The van der Waals surface area contributed by atoms with Gasteiger partial charge < -0.3 is 9.32 Å². The van der Waals surface area contributed by atoms with E-state index in [0.29, 0.717) is 55.0 Å². The zero-order valence-corrected chi connectivity index (χ0v) is 18.0. The first kappa shape index (κ1) is 21.0. The molecule has 1 fully saturated rings. The van der Waals surface area contributed by atoms with Crippen LogP contribution in [0.4, 0.5) is 0 Å². The van der Waals surface area contributed by atoms with Crippen LogP contribution < -0.4 is 0 Å². The van der Waals surface area contributed by atoms with Gasteiger partial charge in [-0.15, -0.1) is 10.2 Å². The second-order valence-corrected chi connectivity index (χ2v) is 9.58. The van der Waals surface area contributed by atoms with Crippen molar-refractivity contribution in [3.63, 3.8) is 0 Å². The third kappa shape index (κ3) is 5.07. The minimum atomic E-state index is -3.40. The standard InChI is InChI=1S/C21H23ClN4O3S/c22-19-9-5-4-8-18(19)16-30(27,28)26-14-12-25(13-15-26)11-10-20-23-24-21(29-20)17-6-2-1-3-7-17/h1-9H,10-16H2. The molecule has 2 aromatic carbocycles. The molecule has 9 heteroatoms. The SMILES string of the molecule is O=S(=O)(Cc1ccccc1Cl)N1CCN(CCc2nnc(-c3ccccc3)o2)CC1. The molecule has 1 aromatic heterocycles. The van der Waals surface area contributed by atoms with Gasteiger partial charge in [-0.1, -0.05) is 48.0 Å². The van der Waals surface area contributed by atoms with E-state index in [-0.39, 0.29) is 5.75 Å². The molecule has 158 valence electrons. The van der Waals surface area contributed by atoms with E-state index in [1.54, 1.807) is 28.6 Å². The monoisotopic (exact) mass is 446 g/mol. The summed E-state index contributed by atoms with van der Waals surface area (Å²) in [6.07, 6.45) is 0.631. The highest BCUT2D eigenvalue weighted by Gasteiger charge is 2.27. The van der Waals surface area contributed by atoms with Gasteiger partial charge in [-0.25, -0.2) is 8.42 Å². The first-order valence-corrected chi connectivity index (χ1v) is 11.8. The van der Waals surface area contributed by atoms with Crippen molar-refractivity contribution < 1.29 is 12.8 Å². The summed E-state index contributed by atoms with van der Waals surface area (Å²) in [5.41, 5.74) is 1.53. The first-order chi connectivity index (χ1) is 14.5. The van der Waals surface area contributed by atoms with Crippen molar-refractivity contribution in [1.29, 1.82) is 0 Å². The average molecular weight is 447 g/mol. The summed E-state index contributed by atoms with van der Waals surface area (Å²) in [4.78, 5) is 2.22. The minimum Gasteiger partial charge on any atom is -0.421 e. The van der Waals surface area contributed by atoms with Crippen molar-refractivity contribution in [1.82, 2.24) is 19.4 Å². The van der Waals surface area contributed by atoms with Crippen LogP contribution in [0.2, 0.25) is 5.02 Å². The summed E-state index contributed by atoms with van der Waals surface area (Å²) in [5, 5.41) is 8.71. The Bertz CT molecular complexity index is 1080. The van der Waals surface area contributed by atoms with E-state index >= 15 is 0 Å². The molecule has 2 heterocycles. The number of benzene rings is 2. The third-order valence-electron chi connectivity index (χ3n) is 5.15. The lowest BCUT2D eigenvalue weighted by atomic mass is 10.2. The maximum atomic E-state index is 12.7. The van der Waals surface area contributed by atoms with Gasteiger partial charge in [0.15, 0.2) is 0 Å². The van der Waals surface area contributed by atoms with Crippen molar-refractivity contribution in [3.05, 3.63) is 71.1 Å². The lowest BCUT2D eigenvalue weighted by molar-refractivity contribution is 0.187. The van der Waals surface area contributed by atoms with Crippen LogP contribution in [0.5, 0.6) is 0 Å². The Morgan fingerprint density at radius 1 is 0.933 bits per heavy atom. The Morgan fingerprint density at radius 3 is 2.37 bits per heavy atom. The molecular weight excluding hydrogens is 424 g/mol. The molecule has 4 rings (SSSR count). The van der Waals surface area contributed by atoms with Gasteiger partial charge in [-0.05, 0) is 23.8 Å². The first-order valence-electron chi connectivity index (χ1n) is 9.83. The number of piperazine rings is 1. The lowest BCUT2D eigenvalue weighted by Crippen LogP contribution is -2.49. The Kier molecular flexibility index (Phi) is 6.48. The average Bonchev–Trinajstić information content (AvgIpc) is 3.24. The van der Waals surface area contributed by atoms with Gasteiger partial charge >= 0.3 is 0 Å². The number of nitrogens with zero attached hydrogens (tertiary/aromatic N) is 4. The molecule has 0 radical (unpaired) electrons. The van der Waals surface area contributed by atoms with Gasteiger partial charge in [0.25, 0.3) is 0 Å². The van der Waals surface area contributed by atoms with Crippen LogP contribution in [-0.4, -0.2) is 60.5 Å². The van der Waals surface area contributed by atoms with Gasteiger partial charge in [0.05, 0.1) is 5.75 Å². The van der Waals surface area contributed by atoms with Crippen molar-refractivity contribution in [2.75, 3.05) is 32.7 Å². The second-order valence-electron chi connectivity index (χ2n) is 7.21. The molecule has 0 aliphatic carbocycles. The molecule has 1 saturated heterocycles. The molecule has 7 nitrogen and oxygen atoms in total. The fourth-order valence-corrected chi connectivity index (χ4v) is 5.27. The lowest BCUT2D eigenvalue weighted by Gasteiger charge is -2.33. The second kappa shape index (κ2) is 9.26. The molecule has 0 amide bonds. The Balaban J connectivity index is 1.28. The molecule has 0 atom stereocenters. The number of hydrogen-bond acceptors (Lipinski definition) is 6. The van der Waals surface area contributed by atoms with Crippen molar-refractivity contribution >= 4 is 21.6 Å². The maximum absolute atomic E-state index is 12.7. The largest absolute Gasteiger partial charge is 0.421 e. The zero-order valence-electron chi connectivity index (χ0n) is 16.4. The highest BCUT2D eigenvalue weighted by molar-refractivity contribution is 7.88. The highest BCUT2D eigenvalue weighted by atomic mass is 35.5. The Hall–Kier alpha value is -2.26. The topological polar surface area (TPSA) is 79.5 Å². The molecule has 1 aliphatic rings. The van der Waals surface area contributed by atoms with Gasteiger partial charge in [0.2, 0.25) is 21.8 Å². The van der Waals surface area contributed by atoms with Gasteiger partial charge in [-0.3, -0.25) is 0 Å². The van der Waals surface area contributed by atoms with Crippen LogP contribution in [0.25, 0.3) is 11.5 Å². The summed E-state index contributed by atoms with van der Waals surface area (Å²) in [5.74, 6) is 1.03. The maximum Gasteiger partial charge on any atom is 0.247 e. The van der Waals surface area contributed by atoms with E-state index in [4.69, 9.17) is 16.0 Å². The molecule has 0 saturated carbocycles. The van der Waals surface area contributed by atoms with Crippen LogP contribution in [0.1, 0.15) is 11.5 Å². The third-order valence-corrected chi connectivity index (χ3v) is 7.35. The van der Waals surface area contributed by atoms with Crippen LogP contribution >= 0.6 is 11.6 Å². The summed E-state index contributed by atoms with van der Waals surface area (Å²) < 4.78 is 32.8. The number of hydrogen-bond donors (Lipinski definition) is 0. The van der Waals surface area contributed by atoms with Crippen LogP contribution in [0.3, 0.4) is 0 Å². The van der Waals surface area contributed by atoms with E-state index < -0.39 is 10.0 Å². The van der Waals surface area contributed by atoms with Gasteiger partial charge in [0.1, 0.15) is 0 Å². The summed E-state index contributed by atoms with van der Waals surface area (Å²) in [6, 6.07) is 16.7. The number of sulfonamides is 1. The van der Waals surface area contributed by atoms with E-state index in [0.717, 1.165) is 12.1 Å². The Morgan fingerprint density at radius 2 is 1.63 bits per heavy atom. The molecule has 30 heavy (non-hydrogen) atoms. The molecule has 3 aromatic rings. The molecule has 0 N–H and O–H groups in total.